The predicted octanol–water partition coefficient (Wildman–Crippen LogP) is 5.76. The summed E-state index contributed by atoms with van der Waals surface area (Å²) in [5.74, 6) is -2.63. The van der Waals surface area contributed by atoms with Crippen LogP contribution in [-0.4, -0.2) is 43.6 Å². The average Bonchev–Trinajstić information content (AvgIpc) is 3.03. The van der Waals surface area contributed by atoms with Crippen LogP contribution in [0.1, 0.15) is 35.3 Å². The number of esters is 3. The second kappa shape index (κ2) is 14.6. The summed E-state index contributed by atoms with van der Waals surface area (Å²) < 4.78 is 15.9. The molecule has 4 aromatic carbocycles. The summed E-state index contributed by atoms with van der Waals surface area (Å²) in [6, 6.07) is 32.2. The third-order valence-electron chi connectivity index (χ3n) is 6.76. The van der Waals surface area contributed by atoms with Crippen molar-refractivity contribution in [3.8, 4) is 11.1 Å². The first-order chi connectivity index (χ1) is 20.9. The summed E-state index contributed by atoms with van der Waals surface area (Å²) in [4.78, 5) is 52.0. The largest absolute Gasteiger partial charge is 0.465 e. The van der Waals surface area contributed by atoms with E-state index < -0.39 is 29.9 Å². The first-order valence-corrected chi connectivity index (χ1v) is 14.0. The minimum absolute atomic E-state index is 0.0299. The van der Waals surface area contributed by atoms with Gasteiger partial charge in [-0.3, -0.25) is 19.2 Å². The lowest BCUT2D eigenvalue weighted by Gasteiger charge is -2.29. The molecule has 0 unspecified atom stereocenters. The second-order valence-corrected chi connectivity index (χ2v) is 9.65. The smallest absolute Gasteiger partial charge is 0.331 e. The standard InChI is InChI=1S/C35H33NO7/c1-3-41-33(39)35(34(40)42-4-2,29-16-9-6-10-17-29)24-43-31(37)22-25-18-20-30(21-19-25)36-32(38)28-15-11-14-27(23-28)26-12-7-5-8-13-26/h5-21,23H,3-4,22,24H2,1-2H3,(H,36,38). The van der Waals surface area contributed by atoms with E-state index >= 15 is 0 Å². The fourth-order valence-electron chi connectivity index (χ4n) is 4.54. The molecule has 0 heterocycles. The maximum absolute atomic E-state index is 13.1. The summed E-state index contributed by atoms with van der Waals surface area (Å²) in [5, 5.41) is 2.87. The van der Waals surface area contributed by atoms with Gasteiger partial charge in [0.05, 0.1) is 19.6 Å². The van der Waals surface area contributed by atoms with Gasteiger partial charge in [-0.1, -0.05) is 84.9 Å². The van der Waals surface area contributed by atoms with Gasteiger partial charge < -0.3 is 19.5 Å². The Kier molecular flexibility index (Phi) is 10.4. The molecular formula is C35H33NO7. The molecule has 0 radical (unpaired) electrons. The van der Waals surface area contributed by atoms with E-state index in [9.17, 15) is 19.2 Å². The van der Waals surface area contributed by atoms with Gasteiger partial charge in [0, 0.05) is 11.3 Å². The van der Waals surface area contributed by atoms with Gasteiger partial charge in [-0.25, -0.2) is 0 Å². The summed E-state index contributed by atoms with van der Waals surface area (Å²) in [6.07, 6.45) is -0.121. The number of carbonyl (C=O) groups excluding carboxylic acids is 4. The Bertz CT molecular complexity index is 1530. The number of benzene rings is 4. The number of amides is 1. The number of anilines is 1. The molecule has 220 valence electrons. The van der Waals surface area contributed by atoms with Crippen molar-refractivity contribution in [2.45, 2.75) is 25.7 Å². The van der Waals surface area contributed by atoms with Crippen molar-refractivity contribution >= 4 is 29.5 Å². The first kappa shape index (κ1) is 30.7. The molecule has 0 spiro atoms. The Labute approximate surface area is 250 Å². The van der Waals surface area contributed by atoms with Crippen molar-refractivity contribution in [1.29, 1.82) is 0 Å². The molecule has 0 aromatic heterocycles. The van der Waals surface area contributed by atoms with Crippen LogP contribution >= 0.6 is 0 Å². The molecule has 4 rings (SSSR count). The van der Waals surface area contributed by atoms with Crippen LogP contribution in [0.25, 0.3) is 11.1 Å². The third kappa shape index (κ3) is 7.54. The number of nitrogens with one attached hydrogen (secondary N) is 1. The molecule has 0 aliphatic heterocycles. The zero-order valence-electron chi connectivity index (χ0n) is 24.1. The lowest BCUT2D eigenvalue weighted by Crippen LogP contribution is -2.50. The van der Waals surface area contributed by atoms with E-state index in [2.05, 4.69) is 5.32 Å². The minimum atomic E-state index is -1.96. The quantitative estimate of drug-likeness (QED) is 0.129. The number of ether oxygens (including phenoxy) is 3. The van der Waals surface area contributed by atoms with E-state index in [0.29, 0.717) is 22.4 Å². The van der Waals surface area contributed by atoms with Crippen molar-refractivity contribution in [2.75, 3.05) is 25.1 Å². The van der Waals surface area contributed by atoms with E-state index in [1.54, 1.807) is 74.5 Å². The van der Waals surface area contributed by atoms with Gasteiger partial charge in [-0.05, 0) is 60.4 Å². The van der Waals surface area contributed by atoms with Crippen LogP contribution in [0.2, 0.25) is 0 Å². The molecule has 0 fully saturated rings. The molecule has 8 heteroatoms. The van der Waals surface area contributed by atoms with Crippen LogP contribution in [-0.2, 0) is 40.4 Å². The van der Waals surface area contributed by atoms with Crippen LogP contribution < -0.4 is 5.32 Å². The Morgan fingerprint density at radius 1 is 0.651 bits per heavy atom. The zero-order valence-corrected chi connectivity index (χ0v) is 24.1. The maximum Gasteiger partial charge on any atom is 0.331 e. The van der Waals surface area contributed by atoms with Gasteiger partial charge in [0.15, 0.2) is 0 Å². The van der Waals surface area contributed by atoms with E-state index in [0.717, 1.165) is 11.1 Å². The minimum Gasteiger partial charge on any atom is -0.465 e. The molecule has 0 saturated heterocycles. The molecule has 0 bridgehead atoms. The summed E-state index contributed by atoms with van der Waals surface area (Å²) in [5.41, 5.74) is 1.97. The number of rotatable bonds is 12. The van der Waals surface area contributed by atoms with Gasteiger partial charge in [-0.2, -0.15) is 0 Å². The van der Waals surface area contributed by atoms with Crippen molar-refractivity contribution in [2.24, 2.45) is 0 Å². The monoisotopic (exact) mass is 579 g/mol. The van der Waals surface area contributed by atoms with Crippen LogP contribution in [0.15, 0.2) is 109 Å². The molecule has 0 aliphatic rings. The van der Waals surface area contributed by atoms with Crippen molar-refractivity contribution < 1.29 is 33.4 Å². The highest BCUT2D eigenvalue weighted by atomic mass is 16.6. The van der Waals surface area contributed by atoms with Gasteiger partial charge in [-0.15, -0.1) is 0 Å². The first-order valence-electron chi connectivity index (χ1n) is 14.0. The number of carbonyl (C=O) groups is 4. The predicted molar refractivity (Wildman–Crippen MR) is 162 cm³/mol. The molecule has 0 aliphatic carbocycles. The Morgan fingerprint density at radius 2 is 1.23 bits per heavy atom. The average molecular weight is 580 g/mol. The zero-order chi connectivity index (χ0) is 30.7. The molecule has 1 N–H and O–H groups in total. The maximum atomic E-state index is 13.1. The number of hydrogen-bond acceptors (Lipinski definition) is 7. The second-order valence-electron chi connectivity index (χ2n) is 9.65. The van der Waals surface area contributed by atoms with E-state index in [1.807, 2.05) is 48.5 Å². The SMILES string of the molecule is CCOC(=O)C(COC(=O)Cc1ccc(NC(=O)c2cccc(-c3ccccc3)c2)cc1)(C(=O)OCC)c1ccccc1. The van der Waals surface area contributed by atoms with Crippen LogP contribution in [0.5, 0.6) is 0 Å². The molecule has 43 heavy (non-hydrogen) atoms. The van der Waals surface area contributed by atoms with Crippen molar-refractivity contribution in [3.63, 3.8) is 0 Å². The summed E-state index contributed by atoms with van der Waals surface area (Å²) in [7, 11) is 0. The summed E-state index contributed by atoms with van der Waals surface area (Å²) in [6.45, 7) is 2.73. The Hall–Kier alpha value is -5.24. The molecule has 1 amide bonds. The lowest BCUT2D eigenvalue weighted by molar-refractivity contribution is -0.170. The fraction of sp³-hybridized carbons (Fsp3) is 0.200. The van der Waals surface area contributed by atoms with E-state index in [-0.39, 0.29) is 25.5 Å². The molecular weight excluding hydrogens is 546 g/mol. The van der Waals surface area contributed by atoms with Crippen LogP contribution in [0.4, 0.5) is 5.69 Å². The van der Waals surface area contributed by atoms with Crippen molar-refractivity contribution in [3.05, 3.63) is 126 Å². The molecule has 0 atom stereocenters. The Balaban J connectivity index is 1.42. The van der Waals surface area contributed by atoms with Crippen LogP contribution in [0, 0.1) is 0 Å². The third-order valence-corrected chi connectivity index (χ3v) is 6.76. The van der Waals surface area contributed by atoms with Gasteiger partial charge >= 0.3 is 17.9 Å². The topological polar surface area (TPSA) is 108 Å². The molecule has 0 saturated carbocycles. The lowest BCUT2D eigenvalue weighted by atomic mass is 9.81. The highest BCUT2D eigenvalue weighted by molar-refractivity contribution is 6.07. The normalized spacial score (nSPS) is 10.8. The molecule has 4 aromatic rings. The van der Waals surface area contributed by atoms with Gasteiger partial charge in [0.25, 0.3) is 5.91 Å². The van der Waals surface area contributed by atoms with E-state index in [1.165, 1.54) is 0 Å². The highest BCUT2D eigenvalue weighted by Crippen LogP contribution is 2.29. The fourth-order valence-corrected chi connectivity index (χ4v) is 4.54. The van der Waals surface area contributed by atoms with E-state index in [4.69, 9.17) is 14.2 Å². The van der Waals surface area contributed by atoms with Gasteiger partial charge in [0.2, 0.25) is 5.41 Å². The molecule has 8 nitrogen and oxygen atoms in total. The van der Waals surface area contributed by atoms with Crippen LogP contribution in [0.3, 0.4) is 0 Å². The highest BCUT2D eigenvalue weighted by Gasteiger charge is 2.52. The van der Waals surface area contributed by atoms with Crippen molar-refractivity contribution in [1.82, 2.24) is 0 Å². The van der Waals surface area contributed by atoms with Gasteiger partial charge in [0.1, 0.15) is 6.61 Å². The summed E-state index contributed by atoms with van der Waals surface area (Å²) >= 11 is 0. The number of hydrogen-bond donors (Lipinski definition) is 1. The Morgan fingerprint density at radius 3 is 1.84 bits per heavy atom.